The largest absolute Gasteiger partial charge is 0.444 e. The molecule has 2 unspecified atom stereocenters. The first kappa shape index (κ1) is 34.2. The molecule has 0 saturated heterocycles. The average molecular weight is 584 g/mol. The molecule has 2 atom stereocenters. The first-order valence-electron chi connectivity index (χ1n) is 14.7. The third kappa shape index (κ3) is 11.4. The summed E-state index contributed by atoms with van der Waals surface area (Å²) in [4.78, 5) is 42.5. The number of aryl methyl sites for hydroxylation is 3. The number of carbonyl (C=O) groups excluding carboxylic acids is 3. The fourth-order valence-corrected chi connectivity index (χ4v) is 5.07. The molecule has 0 aromatic heterocycles. The van der Waals surface area contributed by atoms with Crippen molar-refractivity contribution in [2.24, 2.45) is 0 Å². The highest BCUT2D eigenvalue weighted by Crippen LogP contribution is 2.28. The number of unbranched alkanes of at least 4 members (excludes halogenated alkanes) is 5. The maximum Gasteiger partial charge on any atom is 0.408 e. The number of hydrogen-bond acceptors (Lipinski definition) is 5. The van der Waals surface area contributed by atoms with Crippen LogP contribution >= 0.6 is 12.6 Å². The molecule has 0 aliphatic rings. The minimum Gasteiger partial charge on any atom is -0.444 e. The van der Waals surface area contributed by atoms with Gasteiger partial charge in [-0.25, -0.2) is 4.79 Å². The molecule has 2 N–H and O–H groups in total. The number of carbonyl (C=O) groups is 3. The highest BCUT2D eigenvalue weighted by Gasteiger charge is 2.36. The molecule has 2 aromatic rings. The number of rotatable bonds is 14. The van der Waals surface area contributed by atoms with E-state index in [9.17, 15) is 14.4 Å². The van der Waals surface area contributed by atoms with Gasteiger partial charge in [-0.15, -0.1) is 0 Å². The van der Waals surface area contributed by atoms with Crippen molar-refractivity contribution >= 4 is 36.2 Å². The van der Waals surface area contributed by atoms with E-state index in [2.05, 4.69) is 30.2 Å². The van der Waals surface area contributed by atoms with E-state index in [-0.39, 0.29) is 17.6 Å². The van der Waals surface area contributed by atoms with Gasteiger partial charge in [-0.2, -0.15) is 12.6 Å². The summed E-state index contributed by atoms with van der Waals surface area (Å²) in [6.07, 6.45) is 5.50. The molecule has 41 heavy (non-hydrogen) atoms. The molecule has 7 nitrogen and oxygen atoms in total. The summed E-state index contributed by atoms with van der Waals surface area (Å²) in [5, 5.41) is 5.75. The maximum atomic E-state index is 14.2. The van der Waals surface area contributed by atoms with Crippen LogP contribution in [0.5, 0.6) is 0 Å². The molecule has 2 aromatic carbocycles. The molecule has 226 valence electrons. The fourth-order valence-electron chi connectivity index (χ4n) is 4.82. The second-order valence-electron chi connectivity index (χ2n) is 11.8. The lowest BCUT2D eigenvalue weighted by atomic mass is 9.98. The van der Waals surface area contributed by atoms with Crippen LogP contribution in [0.25, 0.3) is 0 Å². The smallest absolute Gasteiger partial charge is 0.408 e. The van der Waals surface area contributed by atoms with Gasteiger partial charge in [-0.05, 0) is 65.2 Å². The number of alkyl carbamates (subject to hydrolysis) is 1. The van der Waals surface area contributed by atoms with Gasteiger partial charge in [-0.1, -0.05) is 86.6 Å². The highest BCUT2D eigenvalue weighted by atomic mass is 32.1. The van der Waals surface area contributed by atoms with Gasteiger partial charge < -0.3 is 20.3 Å². The number of hydrogen-bond donors (Lipinski definition) is 3. The lowest BCUT2D eigenvalue weighted by molar-refractivity contribution is -0.140. The lowest BCUT2D eigenvalue weighted by Crippen LogP contribution is -2.53. The van der Waals surface area contributed by atoms with Crippen molar-refractivity contribution < 1.29 is 19.1 Å². The van der Waals surface area contributed by atoms with E-state index in [1.165, 1.54) is 6.42 Å². The van der Waals surface area contributed by atoms with Crippen molar-refractivity contribution in [3.63, 3.8) is 0 Å². The van der Waals surface area contributed by atoms with E-state index in [0.717, 1.165) is 54.4 Å². The minimum atomic E-state index is -0.965. The summed E-state index contributed by atoms with van der Waals surface area (Å²) < 4.78 is 5.42. The zero-order valence-corrected chi connectivity index (χ0v) is 26.8. The van der Waals surface area contributed by atoms with Crippen molar-refractivity contribution in [2.75, 3.05) is 17.6 Å². The predicted molar refractivity (Wildman–Crippen MR) is 171 cm³/mol. The van der Waals surface area contributed by atoms with Gasteiger partial charge in [0.15, 0.2) is 0 Å². The van der Waals surface area contributed by atoms with Crippen LogP contribution in [-0.2, 0) is 14.3 Å². The lowest BCUT2D eigenvalue weighted by Gasteiger charge is -2.34. The van der Waals surface area contributed by atoms with Crippen molar-refractivity contribution in [3.8, 4) is 0 Å². The summed E-state index contributed by atoms with van der Waals surface area (Å²) >= 11 is 4.40. The Balaban J connectivity index is 2.50. The monoisotopic (exact) mass is 583 g/mol. The average Bonchev–Trinajstić information content (AvgIpc) is 2.87. The number of ether oxygens (including phenoxy) is 1. The van der Waals surface area contributed by atoms with Crippen molar-refractivity contribution in [1.82, 2.24) is 10.2 Å². The van der Waals surface area contributed by atoms with Gasteiger partial charge in [0.05, 0.1) is 0 Å². The summed E-state index contributed by atoms with van der Waals surface area (Å²) in [7, 11) is 0. The summed E-state index contributed by atoms with van der Waals surface area (Å²) in [6.45, 7) is 13.7. The van der Waals surface area contributed by atoms with E-state index in [4.69, 9.17) is 4.74 Å². The summed E-state index contributed by atoms with van der Waals surface area (Å²) in [6, 6.07) is 11.7. The molecule has 3 amide bonds. The molecule has 0 aliphatic carbocycles. The Morgan fingerprint density at radius 3 is 2.12 bits per heavy atom. The molecular formula is C33H49N3O4S. The molecule has 8 heteroatoms. The standard InChI is InChI=1S/C33H49N3O4S/c1-8-9-10-11-12-15-18-36(31(38)28(22-41)35-32(39)40-33(5,6)7)29(26-20-23(2)19-24(3)21-26)30(37)34-27-17-14-13-16-25(27)4/h13-14,16-17,19-21,28-29,41H,8-12,15,18,22H2,1-7H3,(H,34,37)(H,35,39). The topological polar surface area (TPSA) is 87.7 Å². The second-order valence-corrected chi connectivity index (χ2v) is 12.2. The Hall–Kier alpha value is -3.00. The third-order valence-electron chi connectivity index (χ3n) is 6.73. The van der Waals surface area contributed by atoms with E-state index in [0.29, 0.717) is 12.2 Å². The zero-order chi connectivity index (χ0) is 30.6. The number of benzene rings is 2. The van der Waals surface area contributed by atoms with E-state index < -0.39 is 23.8 Å². The number of anilines is 1. The Morgan fingerprint density at radius 2 is 1.54 bits per heavy atom. The van der Waals surface area contributed by atoms with Gasteiger partial charge in [0.2, 0.25) is 5.91 Å². The van der Waals surface area contributed by atoms with Crippen LogP contribution in [0.3, 0.4) is 0 Å². The Bertz CT molecular complexity index is 1140. The van der Waals surface area contributed by atoms with Crippen LogP contribution in [0.1, 0.15) is 94.5 Å². The number of amides is 3. The van der Waals surface area contributed by atoms with Gasteiger partial charge in [-0.3, -0.25) is 9.59 Å². The van der Waals surface area contributed by atoms with Gasteiger partial charge >= 0.3 is 6.09 Å². The Kier molecular flexibility index (Phi) is 13.7. The van der Waals surface area contributed by atoms with Crippen molar-refractivity contribution in [3.05, 3.63) is 64.7 Å². The van der Waals surface area contributed by atoms with Crippen molar-refractivity contribution in [1.29, 1.82) is 0 Å². The molecule has 2 rings (SSSR count). The van der Waals surface area contributed by atoms with Crippen LogP contribution in [0, 0.1) is 20.8 Å². The second kappa shape index (κ2) is 16.4. The van der Waals surface area contributed by atoms with E-state index >= 15 is 0 Å². The molecule has 0 heterocycles. The fraction of sp³-hybridized carbons (Fsp3) is 0.545. The summed E-state index contributed by atoms with van der Waals surface area (Å²) in [5.41, 5.74) is 3.62. The number of nitrogens with one attached hydrogen (secondary N) is 2. The molecule has 0 radical (unpaired) electrons. The molecule has 0 bridgehead atoms. The van der Waals surface area contributed by atoms with Crippen LogP contribution in [-0.4, -0.2) is 46.7 Å². The van der Waals surface area contributed by atoms with Crippen LogP contribution in [0.4, 0.5) is 10.5 Å². The maximum absolute atomic E-state index is 14.2. The zero-order valence-electron chi connectivity index (χ0n) is 25.9. The van der Waals surface area contributed by atoms with Gasteiger partial charge in [0, 0.05) is 18.0 Å². The summed E-state index contributed by atoms with van der Waals surface area (Å²) in [5.74, 6) is -0.619. The van der Waals surface area contributed by atoms with E-state index in [1.807, 2.05) is 63.2 Å². The Morgan fingerprint density at radius 1 is 0.927 bits per heavy atom. The third-order valence-corrected chi connectivity index (χ3v) is 7.10. The molecule has 0 aliphatic heterocycles. The SMILES string of the molecule is CCCCCCCCN(C(=O)C(CS)NC(=O)OC(C)(C)C)C(C(=O)Nc1ccccc1C)c1cc(C)cc(C)c1. The van der Waals surface area contributed by atoms with Crippen molar-refractivity contribution in [2.45, 2.75) is 105 Å². The number of para-hydroxylation sites is 1. The van der Waals surface area contributed by atoms with Crippen LogP contribution in [0.15, 0.2) is 42.5 Å². The van der Waals surface area contributed by atoms with Gasteiger partial charge in [0.1, 0.15) is 17.7 Å². The Labute approximate surface area is 252 Å². The first-order chi connectivity index (χ1) is 19.4. The van der Waals surface area contributed by atoms with Crippen LogP contribution < -0.4 is 10.6 Å². The molecule has 0 fully saturated rings. The minimum absolute atomic E-state index is 0.0596. The molecule has 0 saturated carbocycles. The van der Waals surface area contributed by atoms with Crippen LogP contribution in [0.2, 0.25) is 0 Å². The number of nitrogens with zero attached hydrogens (tertiary/aromatic N) is 1. The van der Waals surface area contributed by atoms with Gasteiger partial charge in [0.25, 0.3) is 5.91 Å². The molecule has 0 spiro atoms. The van der Waals surface area contributed by atoms with E-state index in [1.54, 1.807) is 25.7 Å². The predicted octanol–water partition coefficient (Wildman–Crippen LogP) is 7.30. The number of thiol groups is 1. The normalized spacial score (nSPS) is 12.8. The highest BCUT2D eigenvalue weighted by molar-refractivity contribution is 7.80. The molecular weight excluding hydrogens is 534 g/mol. The first-order valence-corrected chi connectivity index (χ1v) is 15.3. The quantitative estimate of drug-likeness (QED) is 0.161.